The smallest absolute Gasteiger partial charge is 0.231 e. The molecule has 2 aliphatic heterocycles. The van der Waals surface area contributed by atoms with Gasteiger partial charge >= 0.3 is 0 Å². The van der Waals surface area contributed by atoms with Crippen molar-refractivity contribution in [2.24, 2.45) is 0 Å². The van der Waals surface area contributed by atoms with Crippen LogP contribution in [0.25, 0.3) is 5.88 Å². The van der Waals surface area contributed by atoms with Crippen molar-refractivity contribution in [3.05, 3.63) is 71.9 Å². The number of rotatable bonds is 3. The molecule has 0 saturated heterocycles. The second-order valence-corrected chi connectivity index (χ2v) is 6.30. The highest BCUT2D eigenvalue weighted by Crippen LogP contribution is 2.34. The van der Waals surface area contributed by atoms with Crippen LogP contribution in [0.15, 0.2) is 60.8 Å². The van der Waals surface area contributed by atoms with Gasteiger partial charge in [-0.15, -0.1) is 0 Å². The molecule has 6 nitrogen and oxygen atoms in total. The van der Waals surface area contributed by atoms with Gasteiger partial charge in [-0.2, -0.15) is 9.78 Å². The van der Waals surface area contributed by atoms with Crippen molar-refractivity contribution in [3.8, 4) is 11.5 Å². The van der Waals surface area contributed by atoms with Crippen molar-refractivity contribution in [3.63, 3.8) is 0 Å². The number of aliphatic hydroxyl groups is 1. The molecule has 0 radical (unpaired) electrons. The molecule has 3 aromatic rings. The Morgan fingerprint density at radius 2 is 1.77 bits per heavy atom. The third kappa shape index (κ3) is 2.47. The first-order valence-electron chi connectivity index (χ1n) is 8.46. The zero-order chi connectivity index (χ0) is 17.5. The summed E-state index contributed by atoms with van der Waals surface area (Å²) in [6.45, 7) is 0.906. The Morgan fingerprint density at radius 3 is 2.65 bits per heavy atom. The minimum atomic E-state index is 0.167. The third-order valence-corrected chi connectivity index (χ3v) is 4.67. The fraction of sp³-hybridized carbons (Fsp3) is 0.150. The number of aliphatic hydroxyl groups excluding tert-OH is 1. The van der Waals surface area contributed by atoms with E-state index in [4.69, 9.17) is 9.47 Å². The van der Waals surface area contributed by atoms with Gasteiger partial charge in [0.05, 0.1) is 6.20 Å². The van der Waals surface area contributed by atoms with Crippen molar-refractivity contribution in [1.82, 2.24) is 9.78 Å². The van der Waals surface area contributed by atoms with Crippen LogP contribution in [0.2, 0.25) is 0 Å². The largest absolute Gasteiger partial charge is 0.493 e. The molecule has 0 amide bonds. The monoisotopic (exact) mass is 347 g/mol. The van der Waals surface area contributed by atoms with E-state index in [0.717, 1.165) is 29.4 Å². The first-order valence-corrected chi connectivity index (χ1v) is 8.46. The summed E-state index contributed by atoms with van der Waals surface area (Å²) in [5.41, 5.74) is 3.47. The molecule has 26 heavy (non-hydrogen) atoms. The van der Waals surface area contributed by atoms with Gasteiger partial charge in [-0.05, 0) is 47.9 Å². The molecule has 0 unspecified atom stereocenters. The van der Waals surface area contributed by atoms with E-state index in [1.54, 1.807) is 12.3 Å². The number of hydrogen-bond acceptors (Lipinski definition) is 5. The highest BCUT2D eigenvalue weighted by molar-refractivity contribution is 5.66. The second kappa shape index (κ2) is 5.84. The van der Waals surface area contributed by atoms with Gasteiger partial charge < -0.3 is 19.5 Å². The molecule has 0 aliphatic carbocycles. The maximum atomic E-state index is 9.91. The maximum Gasteiger partial charge on any atom is 0.231 e. The van der Waals surface area contributed by atoms with Gasteiger partial charge in [0.25, 0.3) is 0 Å². The van der Waals surface area contributed by atoms with Crippen molar-refractivity contribution in [2.45, 2.75) is 6.42 Å². The van der Waals surface area contributed by atoms with Gasteiger partial charge in [0, 0.05) is 18.3 Å². The topological polar surface area (TPSA) is 59.8 Å². The molecular formula is C20H17N3O3. The van der Waals surface area contributed by atoms with E-state index >= 15 is 0 Å². The summed E-state index contributed by atoms with van der Waals surface area (Å²) in [5.74, 6) is 2.64. The summed E-state index contributed by atoms with van der Waals surface area (Å²) in [4.78, 5) is 2.11. The lowest BCUT2D eigenvalue weighted by atomic mass is 10.0. The van der Waals surface area contributed by atoms with Gasteiger partial charge in [-0.25, -0.2) is 0 Å². The number of anilines is 2. The van der Waals surface area contributed by atoms with Crippen LogP contribution in [-0.4, -0.2) is 28.2 Å². The van der Waals surface area contributed by atoms with E-state index in [1.807, 2.05) is 18.2 Å². The Hall–Kier alpha value is -3.41. The molecule has 1 N–H and O–H groups in total. The molecule has 1 aromatic heterocycles. The molecular weight excluding hydrogens is 330 g/mol. The quantitative estimate of drug-likeness (QED) is 0.783. The Morgan fingerprint density at radius 1 is 0.962 bits per heavy atom. The zero-order valence-electron chi connectivity index (χ0n) is 14.0. The van der Waals surface area contributed by atoms with E-state index in [0.29, 0.717) is 13.3 Å². The molecule has 0 saturated carbocycles. The van der Waals surface area contributed by atoms with Crippen LogP contribution in [0, 0.1) is 0 Å². The first kappa shape index (κ1) is 14.9. The van der Waals surface area contributed by atoms with Gasteiger partial charge in [0.1, 0.15) is 5.82 Å². The van der Waals surface area contributed by atoms with Gasteiger partial charge in [0.2, 0.25) is 12.7 Å². The van der Waals surface area contributed by atoms with Crippen LogP contribution in [0.1, 0.15) is 11.1 Å². The maximum absolute atomic E-state index is 9.91. The molecule has 6 heteroatoms. The third-order valence-electron chi connectivity index (χ3n) is 4.67. The van der Waals surface area contributed by atoms with Crippen LogP contribution in [0.3, 0.4) is 0 Å². The molecule has 2 aliphatic rings. The lowest BCUT2D eigenvalue weighted by Gasteiger charge is -2.27. The van der Waals surface area contributed by atoms with Crippen molar-refractivity contribution in [1.29, 1.82) is 0 Å². The van der Waals surface area contributed by atoms with Crippen molar-refractivity contribution >= 4 is 17.4 Å². The van der Waals surface area contributed by atoms with Crippen LogP contribution in [0.5, 0.6) is 11.5 Å². The van der Waals surface area contributed by atoms with Gasteiger partial charge in [-0.1, -0.05) is 18.2 Å². The lowest BCUT2D eigenvalue weighted by Crippen LogP contribution is -2.25. The highest BCUT2D eigenvalue weighted by atomic mass is 16.7. The van der Waals surface area contributed by atoms with E-state index in [9.17, 15) is 5.11 Å². The Bertz CT molecular complexity index is 992. The molecule has 2 aromatic carbocycles. The van der Waals surface area contributed by atoms with E-state index < -0.39 is 0 Å². The van der Waals surface area contributed by atoms with Gasteiger partial charge in [0.15, 0.2) is 11.5 Å². The molecule has 5 rings (SSSR count). The highest BCUT2D eigenvalue weighted by Gasteiger charge is 2.20. The van der Waals surface area contributed by atoms with E-state index in [2.05, 4.69) is 40.3 Å². The molecule has 0 fully saturated rings. The summed E-state index contributed by atoms with van der Waals surface area (Å²) in [7, 11) is 0. The number of aromatic nitrogens is 2. The number of hydrogen-bond donors (Lipinski definition) is 1. The Balaban J connectivity index is 1.37. The average Bonchev–Trinajstić information content (AvgIpc) is 3.32. The molecule has 130 valence electrons. The Labute approximate surface area is 150 Å². The van der Waals surface area contributed by atoms with Crippen molar-refractivity contribution < 1.29 is 14.6 Å². The van der Waals surface area contributed by atoms with Crippen LogP contribution in [0.4, 0.5) is 11.5 Å². The Kier molecular flexibility index (Phi) is 3.35. The molecule has 0 spiro atoms. The van der Waals surface area contributed by atoms with E-state index in [1.165, 1.54) is 15.8 Å². The fourth-order valence-corrected chi connectivity index (χ4v) is 3.35. The van der Waals surface area contributed by atoms with E-state index in [-0.39, 0.29) is 5.88 Å². The van der Waals surface area contributed by atoms with Crippen LogP contribution in [-0.2, 0) is 6.42 Å². The SMILES string of the molecule is OC1=CCN(c2ccc(Cc3ccc4c(c3)OCO4)cc2)c2ccnn21. The summed E-state index contributed by atoms with van der Waals surface area (Å²) < 4.78 is 12.3. The first-order chi connectivity index (χ1) is 12.8. The molecule has 0 bridgehead atoms. The van der Waals surface area contributed by atoms with Crippen LogP contribution < -0.4 is 14.4 Å². The van der Waals surface area contributed by atoms with Crippen LogP contribution >= 0.6 is 0 Å². The molecule has 3 heterocycles. The summed E-state index contributed by atoms with van der Waals surface area (Å²) in [5, 5.41) is 14.1. The predicted molar refractivity (Wildman–Crippen MR) is 97.9 cm³/mol. The van der Waals surface area contributed by atoms with Gasteiger partial charge in [-0.3, -0.25) is 0 Å². The summed E-state index contributed by atoms with van der Waals surface area (Å²) >= 11 is 0. The summed E-state index contributed by atoms with van der Waals surface area (Å²) in [6.07, 6.45) is 4.27. The number of benzene rings is 2. The average molecular weight is 347 g/mol. The minimum Gasteiger partial charge on any atom is -0.493 e. The number of ether oxygens (including phenoxy) is 2. The minimum absolute atomic E-state index is 0.167. The number of nitrogens with zero attached hydrogens (tertiary/aromatic N) is 3. The zero-order valence-corrected chi connectivity index (χ0v) is 14.0. The molecule has 0 atom stereocenters. The normalized spacial score (nSPS) is 14.9. The number of fused-ring (bicyclic) bond motifs is 2. The second-order valence-electron chi connectivity index (χ2n) is 6.30. The lowest BCUT2D eigenvalue weighted by molar-refractivity contribution is 0.174. The summed E-state index contributed by atoms with van der Waals surface area (Å²) in [6, 6.07) is 16.4. The van der Waals surface area contributed by atoms with Crippen molar-refractivity contribution in [2.75, 3.05) is 18.2 Å². The standard InChI is InChI=1S/C20H17N3O3/c24-20-8-10-22(19-7-9-21-23(19)20)16-4-1-14(2-5-16)11-15-3-6-17-18(12-15)26-13-25-17/h1-9,12,24H,10-11,13H2. The fourth-order valence-electron chi connectivity index (χ4n) is 3.35. The predicted octanol–water partition coefficient (Wildman–Crippen LogP) is 3.71.